The summed E-state index contributed by atoms with van der Waals surface area (Å²) in [5.74, 6) is 2.06. The number of rotatable bonds is 9. The quantitative estimate of drug-likeness (QED) is 0.137. The van der Waals surface area contributed by atoms with E-state index in [1.165, 1.54) is 14.2 Å². The lowest BCUT2D eigenvalue weighted by Gasteiger charge is -2.35. The molecule has 5 aromatic rings. The van der Waals surface area contributed by atoms with Crippen molar-refractivity contribution in [2.24, 2.45) is 23.7 Å². The van der Waals surface area contributed by atoms with Gasteiger partial charge in [0.25, 0.3) is 0 Å². The second kappa shape index (κ2) is 14.5. The largest absolute Gasteiger partial charge is 0.453 e. The molecule has 5 fully saturated rings. The van der Waals surface area contributed by atoms with Crippen molar-refractivity contribution in [1.82, 2.24) is 40.4 Å². The third-order valence-electron chi connectivity index (χ3n) is 13.5. The van der Waals surface area contributed by atoms with E-state index in [1.54, 1.807) is 0 Å². The van der Waals surface area contributed by atoms with E-state index in [1.807, 2.05) is 29.7 Å². The Kier molecular flexibility index (Phi) is 9.26. The molecule has 4 N–H and O–H groups in total. The van der Waals surface area contributed by atoms with Gasteiger partial charge in [-0.2, -0.15) is 0 Å². The van der Waals surface area contributed by atoms with Gasteiger partial charge in [-0.05, 0) is 103 Å². The molecule has 15 heteroatoms. The number of carbonyl (C=O) groups excluding carboxylic acids is 4. The third-order valence-corrected chi connectivity index (χ3v) is 13.5. The van der Waals surface area contributed by atoms with Crippen LogP contribution in [-0.2, 0) is 23.8 Å². The van der Waals surface area contributed by atoms with Crippen LogP contribution in [0.4, 0.5) is 9.59 Å². The summed E-state index contributed by atoms with van der Waals surface area (Å²) in [6, 6.07) is 15.2. The van der Waals surface area contributed by atoms with E-state index < -0.39 is 24.3 Å². The number of H-pyrrole nitrogens is 2. The molecule has 0 unspecified atom stereocenters. The van der Waals surface area contributed by atoms with Crippen LogP contribution in [0.1, 0.15) is 76.1 Å². The fourth-order valence-corrected chi connectivity index (χ4v) is 10.2. The van der Waals surface area contributed by atoms with Crippen LogP contribution < -0.4 is 10.6 Å². The zero-order valence-corrected chi connectivity index (χ0v) is 33.7. The van der Waals surface area contributed by atoms with Gasteiger partial charge in [0, 0.05) is 30.7 Å². The number of nitrogens with one attached hydrogen (secondary N) is 4. The zero-order valence-electron chi connectivity index (χ0n) is 33.7. The maximum absolute atomic E-state index is 14.3. The van der Waals surface area contributed by atoms with Crippen molar-refractivity contribution < 1.29 is 33.4 Å². The van der Waals surface area contributed by atoms with Crippen molar-refractivity contribution in [2.75, 3.05) is 27.4 Å². The number of imidazole rings is 2. The summed E-state index contributed by atoms with van der Waals surface area (Å²) >= 11 is 0. The van der Waals surface area contributed by atoms with Crippen LogP contribution in [0.2, 0.25) is 0 Å². The van der Waals surface area contributed by atoms with Crippen LogP contribution in [0, 0.1) is 23.7 Å². The molecule has 15 nitrogen and oxygen atoms in total. The fourth-order valence-electron chi connectivity index (χ4n) is 10.2. The Morgan fingerprint density at radius 2 is 1.37 bits per heavy atom. The number of alkyl carbamates (subject to hydrolysis) is 2. The molecular weight excluding hydrogens is 753 g/mol. The Bertz CT molecular complexity index is 2490. The molecular formula is C44H50N8O7. The second-order valence-electron chi connectivity index (χ2n) is 17.4. The summed E-state index contributed by atoms with van der Waals surface area (Å²) < 4.78 is 15.3. The molecule has 5 aliphatic rings. The number of hydrogen-bond donors (Lipinski definition) is 4. The molecule has 2 saturated carbocycles. The van der Waals surface area contributed by atoms with Crippen LogP contribution in [0.5, 0.6) is 0 Å². The van der Waals surface area contributed by atoms with Gasteiger partial charge in [0.1, 0.15) is 23.7 Å². The number of hydrogen-bond acceptors (Lipinski definition) is 9. The number of amides is 4. The molecule has 2 aromatic heterocycles. The van der Waals surface area contributed by atoms with Crippen molar-refractivity contribution in [3.63, 3.8) is 0 Å². The highest BCUT2D eigenvalue weighted by Gasteiger charge is 2.57. The number of nitrogens with zero attached hydrogens (tertiary/aromatic N) is 4. The Morgan fingerprint density at radius 1 is 0.746 bits per heavy atom. The number of likely N-dealkylation sites (tertiary alicyclic amines) is 2. The molecule has 59 heavy (non-hydrogen) atoms. The smallest absolute Gasteiger partial charge is 0.407 e. The molecule has 5 heterocycles. The molecule has 10 rings (SSSR count). The zero-order chi connectivity index (χ0) is 40.7. The highest BCUT2D eigenvalue weighted by atomic mass is 16.5. The number of aromatic amines is 2. The van der Waals surface area contributed by atoms with Gasteiger partial charge < -0.3 is 44.6 Å². The molecule has 308 valence electrons. The van der Waals surface area contributed by atoms with Crippen molar-refractivity contribution in [2.45, 2.75) is 88.6 Å². The average molecular weight is 803 g/mol. The minimum atomic E-state index is -0.688. The number of fused-ring (bicyclic) bond motifs is 6. The SMILES string of the molecule is COC(=O)N[C@H](C(=O)N1[C@@H]2C[C@@H]2C[C@H]1c1nc2ccc(-c3ccc4c(ccc5[nH]c([C@@H]6C[C@H]7C[C@H]7N6C(=O)[C@@H](NC(=O)OC)C6CCOCC6)nc54)c3)cc2[nH]1)C(C)C. The molecule has 3 aromatic carbocycles. The predicted molar refractivity (Wildman–Crippen MR) is 218 cm³/mol. The summed E-state index contributed by atoms with van der Waals surface area (Å²) in [5, 5.41) is 7.67. The minimum Gasteiger partial charge on any atom is -0.453 e. The molecule has 4 amide bonds. The molecule has 3 aliphatic heterocycles. The van der Waals surface area contributed by atoms with Gasteiger partial charge >= 0.3 is 12.2 Å². The van der Waals surface area contributed by atoms with Gasteiger partial charge in [0.15, 0.2) is 0 Å². The van der Waals surface area contributed by atoms with Crippen molar-refractivity contribution in [1.29, 1.82) is 0 Å². The molecule has 2 aliphatic carbocycles. The van der Waals surface area contributed by atoms with E-state index in [0.29, 0.717) is 37.9 Å². The average Bonchev–Trinajstić information content (AvgIpc) is 3.90. The van der Waals surface area contributed by atoms with Gasteiger partial charge in [-0.1, -0.05) is 38.1 Å². The van der Waals surface area contributed by atoms with Crippen LogP contribution in [0.25, 0.3) is 44.0 Å². The summed E-state index contributed by atoms with van der Waals surface area (Å²) in [6.07, 6.45) is 3.77. The van der Waals surface area contributed by atoms with E-state index in [2.05, 4.69) is 63.1 Å². The standard InChI is InChI=1S/C44H50N8O7/c1-21(2)36(49-43(55)57-3)41(53)51-32-17-26(32)19-34(51)39-45-29-9-6-24(16-31(29)47-39)23-5-8-28-25(15-23)7-10-30-38(28)48-40(46-30)35-20-27-18-33(27)52(35)42(54)37(50-44(56)58-4)22-11-13-59-14-12-22/h5-10,15-16,21-22,26-27,32-37H,11-14,17-20H2,1-4H3,(H,45,47)(H,46,48)(H,49,55)(H,50,56)/t26-,27-,32-,33-,34+,35+,36+,37+/m1/s1. The maximum atomic E-state index is 14.3. The van der Waals surface area contributed by atoms with Crippen LogP contribution in [0.3, 0.4) is 0 Å². The van der Waals surface area contributed by atoms with Crippen molar-refractivity contribution in [3.8, 4) is 11.1 Å². The molecule has 8 atom stereocenters. The van der Waals surface area contributed by atoms with E-state index in [9.17, 15) is 19.2 Å². The number of methoxy groups -OCH3 is 2. The van der Waals surface area contributed by atoms with Crippen LogP contribution in [-0.4, -0.2) is 105 Å². The summed E-state index contributed by atoms with van der Waals surface area (Å²) in [5.41, 5.74) is 5.55. The second-order valence-corrected chi connectivity index (χ2v) is 17.4. The first-order chi connectivity index (χ1) is 28.6. The molecule has 3 saturated heterocycles. The summed E-state index contributed by atoms with van der Waals surface area (Å²) in [4.78, 5) is 73.9. The first kappa shape index (κ1) is 37.6. The Labute approximate surface area is 340 Å². The van der Waals surface area contributed by atoms with Gasteiger partial charge in [-0.3, -0.25) is 9.59 Å². The summed E-state index contributed by atoms with van der Waals surface area (Å²) in [6.45, 7) is 4.97. The van der Waals surface area contributed by atoms with E-state index in [-0.39, 0.29) is 47.8 Å². The number of piperidine rings is 2. The van der Waals surface area contributed by atoms with E-state index >= 15 is 0 Å². The van der Waals surface area contributed by atoms with Gasteiger partial charge in [0.05, 0.1) is 48.4 Å². The van der Waals surface area contributed by atoms with Crippen LogP contribution >= 0.6 is 0 Å². The lowest BCUT2D eigenvalue weighted by Crippen LogP contribution is -2.54. The monoisotopic (exact) mass is 802 g/mol. The third kappa shape index (κ3) is 6.63. The molecule has 0 spiro atoms. The number of carbonyl (C=O) groups is 4. The predicted octanol–water partition coefficient (Wildman–Crippen LogP) is 6.12. The fraction of sp³-hybridized carbons (Fsp3) is 0.500. The number of aromatic nitrogens is 4. The van der Waals surface area contributed by atoms with Crippen molar-refractivity contribution in [3.05, 3.63) is 60.2 Å². The maximum Gasteiger partial charge on any atom is 0.407 e. The molecule has 0 bridgehead atoms. The number of ether oxygens (including phenoxy) is 3. The Hall–Kier alpha value is -5.70. The van der Waals surface area contributed by atoms with Gasteiger partial charge in [0.2, 0.25) is 11.8 Å². The van der Waals surface area contributed by atoms with E-state index in [4.69, 9.17) is 24.2 Å². The minimum absolute atomic E-state index is 0.0293. The lowest BCUT2D eigenvalue weighted by atomic mass is 9.90. The Balaban J connectivity index is 0.905. The normalized spacial score (nSPS) is 25.8. The number of benzene rings is 3. The van der Waals surface area contributed by atoms with Gasteiger partial charge in [-0.15, -0.1) is 0 Å². The van der Waals surface area contributed by atoms with Crippen LogP contribution in [0.15, 0.2) is 48.5 Å². The highest BCUT2D eigenvalue weighted by molar-refractivity contribution is 6.05. The summed E-state index contributed by atoms with van der Waals surface area (Å²) in [7, 11) is 2.62. The topological polar surface area (TPSA) is 184 Å². The molecule has 0 radical (unpaired) electrons. The first-order valence-corrected chi connectivity index (χ1v) is 20.9. The lowest BCUT2D eigenvalue weighted by molar-refractivity contribution is -0.138. The van der Waals surface area contributed by atoms with Crippen molar-refractivity contribution >= 4 is 56.8 Å². The van der Waals surface area contributed by atoms with Gasteiger partial charge in [-0.25, -0.2) is 19.6 Å². The first-order valence-electron chi connectivity index (χ1n) is 20.9. The Morgan fingerprint density at radius 3 is 2.07 bits per heavy atom. The highest BCUT2D eigenvalue weighted by Crippen LogP contribution is 2.55. The van der Waals surface area contributed by atoms with E-state index in [0.717, 1.165) is 81.3 Å².